The van der Waals surface area contributed by atoms with Gasteiger partial charge in [0.25, 0.3) is 25.2 Å². The molecule has 0 bridgehead atoms. The molecule has 2 N–H and O–H groups in total. The Labute approximate surface area is 277 Å². The van der Waals surface area contributed by atoms with Crippen LogP contribution in [0.2, 0.25) is 10.0 Å². The Hall–Kier alpha value is -2.71. The number of allylic oxidation sites excluding steroid dienone is 2. The van der Waals surface area contributed by atoms with E-state index in [0.29, 0.717) is 36.1 Å². The van der Waals surface area contributed by atoms with E-state index in [1.54, 1.807) is 17.4 Å². The van der Waals surface area contributed by atoms with Crippen molar-refractivity contribution >= 4 is 93.2 Å². The predicted molar refractivity (Wildman–Crippen MR) is 185 cm³/mol. The third kappa shape index (κ3) is 7.48. The van der Waals surface area contributed by atoms with Gasteiger partial charge in [-0.15, -0.1) is 0 Å². The molecule has 1 unspecified atom stereocenters. The van der Waals surface area contributed by atoms with Crippen LogP contribution >= 0.6 is 34.5 Å². The summed E-state index contributed by atoms with van der Waals surface area (Å²) in [7, 11) is -8.23. The fourth-order valence-corrected chi connectivity index (χ4v) is 8.02. The minimum atomic E-state index is -4.13. The highest BCUT2D eigenvalue weighted by Gasteiger charge is 2.31. The Balaban J connectivity index is 1.53. The number of aromatic nitrogens is 1. The number of rotatable bonds is 12. The molecular formula is C31H34Cl2N3O6S3+. The molecule has 1 aliphatic rings. The topological polar surface area (TPSA) is 119 Å². The summed E-state index contributed by atoms with van der Waals surface area (Å²) < 4.78 is 68.1. The molecule has 45 heavy (non-hydrogen) atoms. The highest BCUT2D eigenvalue weighted by Crippen LogP contribution is 2.45. The van der Waals surface area contributed by atoms with E-state index < -0.39 is 25.5 Å². The Morgan fingerprint density at radius 2 is 1.67 bits per heavy atom. The molecule has 0 amide bonds. The Morgan fingerprint density at radius 3 is 2.33 bits per heavy atom. The first kappa shape index (κ1) is 33.6. The van der Waals surface area contributed by atoms with Crippen molar-refractivity contribution in [3.05, 3.63) is 81.6 Å². The van der Waals surface area contributed by atoms with Gasteiger partial charge in [-0.05, 0) is 62.4 Å². The fourth-order valence-electron chi connectivity index (χ4n) is 5.63. The average molecular weight is 712 g/mol. The summed E-state index contributed by atoms with van der Waals surface area (Å²) in [6.07, 6.45) is 6.92. The Morgan fingerprint density at radius 1 is 0.978 bits per heavy atom. The first-order valence-electron chi connectivity index (χ1n) is 14.5. The second kappa shape index (κ2) is 13.6. The number of benzene rings is 3. The minimum Gasteiger partial charge on any atom is -0.326 e. The molecule has 3 aromatic carbocycles. The molecule has 0 saturated heterocycles. The van der Waals surface area contributed by atoms with E-state index in [1.807, 2.05) is 55.5 Å². The van der Waals surface area contributed by atoms with E-state index >= 15 is 0 Å². The quantitative estimate of drug-likeness (QED) is 0.117. The number of anilines is 2. The smallest absolute Gasteiger partial charge is 0.267 e. The molecule has 0 aliphatic carbocycles. The highest BCUT2D eigenvalue weighted by molar-refractivity contribution is 7.86. The lowest BCUT2D eigenvalue weighted by atomic mass is 10.1. The summed E-state index contributed by atoms with van der Waals surface area (Å²) in [4.78, 5) is 4.17. The zero-order valence-corrected chi connectivity index (χ0v) is 28.7. The Bertz CT molecular complexity index is 2030. The van der Waals surface area contributed by atoms with Crippen molar-refractivity contribution in [2.45, 2.75) is 44.9 Å². The zero-order valence-electron chi connectivity index (χ0n) is 24.7. The minimum absolute atomic E-state index is 0.247. The molecule has 240 valence electrons. The van der Waals surface area contributed by atoms with Crippen LogP contribution in [-0.2, 0) is 26.8 Å². The van der Waals surface area contributed by atoms with Crippen LogP contribution in [-0.4, -0.2) is 50.0 Å². The second-order valence-corrected chi connectivity index (χ2v) is 16.2. The number of halogens is 2. The number of fused-ring (bicyclic) bond motifs is 4. The van der Waals surface area contributed by atoms with Gasteiger partial charge >= 0.3 is 0 Å². The molecule has 0 spiro atoms. The van der Waals surface area contributed by atoms with Gasteiger partial charge in [0.2, 0.25) is 5.52 Å². The van der Waals surface area contributed by atoms with E-state index in [4.69, 9.17) is 23.2 Å². The molecule has 5 rings (SSSR count). The van der Waals surface area contributed by atoms with Crippen molar-refractivity contribution in [2.75, 3.05) is 28.6 Å². The molecule has 0 saturated carbocycles. The molecule has 1 aliphatic heterocycles. The maximum atomic E-state index is 11.6. The van der Waals surface area contributed by atoms with Gasteiger partial charge < -0.3 is 9.80 Å². The summed E-state index contributed by atoms with van der Waals surface area (Å²) in [6, 6.07) is 15.8. The van der Waals surface area contributed by atoms with E-state index in [1.165, 1.54) is 6.92 Å². The van der Waals surface area contributed by atoms with Gasteiger partial charge in [-0.25, -0.2) is 0 Å². The average Bonchev–Trinajstić information content (AvgIpc) is 3.46. The van der Waals surface area contributed by atoms with Gasteiger partial charge in [0.1, 0.15) is 10.5 Å². The summed E-state index contributed by atoms with van der Waals surface area (Å²) in [5.41, 5.74) is 2.73. The van der Waals surface area contributed by atoms with Crippen LogP contribution < -0.4 is 14.4 Å². The first-order chi connectivity index (χ1) is 21.3. The van der Waals surface area contributed by atoms with E-state index in [-0.39, 0.29) is 18.6 Å². The van der Waals surface area contributed by atoms with Crippen LogP contribution in [0, 0.1) is 0 Å². The van der Waals surface area contributed by atoms with Crippen molar-refractivity contribution in [2.24, 2.45) is 0 Å². The third-order valence-electron chi connectivity index (χ3n) is 7.85. The van der Waals surface area contributed by atoms with Crippen molar-refractivity contribution in [1.82, 2.24) is 0 Å². The summed E-state index contributed by atoms with van der Waals surface area (Å²) >= 11 is 14.4. The van der Waals surface area contributed by atoms with Crippen LogP contribution in [0.1, 0.15) is 38.1 Å². The maximum absolute atomic E-state index is 11.6. The molecule has 4 aromatic rings. The van der Waals surface area contributed by atoms with Crippen molar-refractivity contribution in [3.8, 4) is 0 Å². The van der Waals surface area contributed by atoms with Gasteiger partial charge in [-0.1, -0.05) is 64.9 Å². The lowest BCUT2D eigenvalue weighted by Crippen LogP contribution is -2.36. The molecular weight excluding hydrogens is 677 g/mol. The monoisotopic (exact) mass is 710 g/mol. The van der Waals surface area contributed by atoms with E-state index in [9.17, 15) is 25.9 Å². The van der Waals surface area contributed by atoms with E-state index in [2.05, 4.69) is 26.5 Å². The fraction of sp³-hybridized carbons (Fsp3) is 0.323. The van der Waals surface area contributed by atoms with Crippen LogP contribution in [0.15, 0.2) is 66.5 Å². The molecule has 9 nitrogen and oxygen atoms in total. The second-order valence-electron chi connectivity index (χ2n) is 10.9. The zero-order chi connectivity index (χ0) is 32.5. The van der Waals surface area contributed by atoms with Crippen LogP contribution in [0.4, 0.5) is 11.4 Å². The number of hydrogen-bond donors (Lipinski definition) is 2. The predicted octanol–water partition coefficient (Wildman–Crippen LogP) is 7.18. The third-order valence-corrected chi connectivity index (χ3v) is 11.7. The first-order valence-corrected chi connectivity index (χ1v) is 19.1. The molecule has 1 aromatic heterocycles. The van der Waals surface area contributed by atoms with Crippen LogP contribution in [0.5, 0.6) is 0 Å². The number of nitrogens with zero attached hydrogens (tertiary/aromatic N) is 3. The van der Waals surface area contributed by atoms with E-state index in [0.717, 1.165) is 43.2 Å². The number of hydrogen-bond acceptors (Lipinski definition) is 7. The lowest BCUT2D eigenvalue weighted by molar-refractivity contribution is -0.667. The molecule has 0 radical (unpaired) electrons. The standard InChI is InChI=1S/C31H33Cl2N3O6S3/c1-3-34-26-19-24(32)25(33)20-27(26)35(16-7-9-21(2)45(40,41)42)29(34)12-6-13-30-36(17-8-18-44(37,38)39)31-23-11-5-4-10-22(23)14-15-28(31)43-30/h4-6,10-15,19-21H,3,7-9,16-18H2,1-2H3,(H-,37,38,39,40,41,42)/p+1. The normalized spacial score (nSPS) is 15.6. The molecule has 14 heteroatoms. The largest absolute Gasteiger partial charge is 0.326 e. The maximum Gasteiger partial charge on any atom is 0.267 e. The van der Waals surface area contributed by atoms with Crippen LogP contribution in [0.3, 0.4) is 0 Å². The van der Waals surface area contributed by atoms with Crippen molar-refractivity contribution < 1.29 is 30.5 Å². The highest BCUT2D eigenvalue weighted by atomic mass is 35.5. The van der Waals surface area contributed by atoms with Gasteiger partial charge in [-0.3, -0.25) is 9.11 Å². The van der Waals surface area contributed by atoms with Crippen LogP contribution in [0.25, 0.3) is 27.1 Å². The molecule has 0 fully saturated rings. The number of thiazole rings is 1. The molecule has 2 heterocycles. The van der Waals surface area contributed by atoms with Gasteiger partial charge in [0, 0.05) is 25.6 Å². The SMILES string of the molecule is CCN1C(=CC=Cc2sc3ccc4ccccc4c3[n+]2CCCS(=O)(=O)O)N(CCCC(C)S(=O)(=O)O)c2cc(Cl)c(Cl)cc21. The summed E-state index contributed by atoms with van der Waals surface area (Å²) in [5.74, 6) is 0.515. The summed E-state index contributed by atoms with van der Waals surface area (Å²) in [5, 5.41) is 2.98. The van der Waals surface area contributed by atoms with Gasteiger partial charge in [0.05, 0.1) is 37.8 Å². The van der Waals surface area contributed by atoms with Crippen molar-refractivity contribution in [3.63, 3.8) is 0 Å². The van der Waals surface area contributed by atoms with Crippen molar-refractivity contribution in [1.29, 1.82) is 0 Å². The summed E-state index contributed by atoms with van der Waals surface area (Å²) in [6.45, 7) is 5.01. The Kier molecular flexibility index (Phi) is 10.1. The lowest BCUT2D eigenvalue weighted by Gasteiger charge is -2.24. The van der Waals surface area contributed by atoms with Gasteiger partial charge in [0.15, 0.2) is 6.54 Å². The molecule has 1 atom stereocenters. The van der Waals surface area contributed by atoms with Gasteiger partial charge in [-0.2, -0.15) is 21.4 Å². The number of aryl methyl sites for hydroxylation is 1.